The van der Waals surface area contributed by atoms with Crippen LogP contribution in [0, 0.1) is 11.6 Å². The summed E-state index contributed by atoms with van der Waals surface area (Å²) in [4.78, 5) is 18.2. The molecule has 1 amide bonds. The van der Waals surface area contributed by atoms with Gasteiger partial charge in [0.15, 0.2) is 23.1 Å². The van der Waals surface area contributed by atoms with Gasteiger partial charge in [-0.1, -0.05) is 48.5 Å². The number of ether oxygens (including phenoxy) is 4. The van der Waals surface area contributed by atoms with Crippen LogP contribution in [-0.2, 0) is 22.4 Å². The molecule has 3 N–H and O–H groups in total. The predicted octanol–water partition coefficient (Wildman–Crippen LogP) is 7.52. The Labute approximate surface area is 318 Å². The van der Waals surface area contributed by atoms with Crippen molar-refractivity contribution in [1.29, 1.82) is 0 Å². The molecule has 5 aromatic carbocycles. The Morgan fingerprint density at radius 1 is 0.745 bits per heavy atom. The van der Waals surface area contributed by atoms with Crippen LogP contribution in [0.25, 0.3) is 45.0 Å². The van der Waals surface area contributed by atoms with Gasteiger partial charge in [-0.25, -0.2) is 13.8 Å². The molecule has 0 saturated heterocycles. The van der Waals surface area contributed by atoms with E-state index in [1.54, 1.807) is 36.4 Å². The lowest BCUT2D eigenvalue weighted by molar-refractivity contribution is 0.0511. The number of nitrogens with one attached hydrogen (secondary N) is 1. The molecule has 11 heteroatoms. The molecule has 55 heavy (non-hydrogen) atoms. The molecule has 0 radical (unpaired) electrons. The molecule has 1 aromatic heterocycles. The number of hydrogen-bond donors (Lipinski definition) is 2. The third-order valence-electron chi connectivity index (χ3n) is 9.60. The van der Waals surface area contributed by atoms with Crippen molar-refractivity contribution in [3.05, 3.63) is 137 Å². The van der Waals surface area contributed by atoms with E-state index in [1.807, 2.05) is 34.9 Å². The Bertz CT molecular complexity index is 2310. The second kappa shape index (κ2) is 17.1. The number of fused-ring (bicyclic) bond motifs is 3. The Hall–Kier alpha value is -5.88. The van der Waals surface area contributed by atoms with Gasteiger partial charge >= 0.3 is 0 Å². The number of amides is 1. The van der Waals surface area contributed by atoms with E-state index in [-0.39, 0.29) is 17.4 Å². The highest BCUT2D eigenvalue weighted by Gasteiger charge is 2.25. The second-order valence-corrected chi connectivity index (χ2v) is 13.1. The van der Waals surface area contributed by atoms with Gasteiger partial charge in [0.05, 0.1) is 52.0 Å². The maximum absolute atomic E-state index is 15.4. The number of hydrogen-bond acceptors (Lipinski definition) is 7. The van der Waals surface area contributed by atoms with Crippen LogP contribution in [0.1, 0.15) is 27.0 Å². The minimum Gasteiger partial charge on any atom is -0.494 e. The van der Waals surface area contributed by atoms with Gasteiger partial charge in [0.2, 0.25) is 0 Å². The van der Waals surface area contributed by atoms with Gasteiger partial charge in [-0.2, -0.15) is 0 Å². The summed E-state index contributed by atoms with van der Waals surface area (Å²) in [6.45, 7) is 2.80. The van der Waals surface area contributed by atoms with E-state index in [0.717, 1.165) is 23.1 Å². The fraction of sp³-hybridized carbons (Fsp3) is 0.227. The fourth-order valence-electron chi connectivity index (χ4n) is 6.90. The number of halogens is 2. The largest absolute Gasteiger partial charge is 0.494 e. The number of imidazole rings is 1. The molecule has 1 aliphatic carbocycles. The van der Waals surface area contributed by atoms with Crippen LogP contribution in [-0.4, -0.2) is 69.2 Å². The number of aromatic nitrogens is 2. The van der Waals surface area contributed by atoms with Gasteiger partial charge in [0.1, 0.15) is 5.82 Å². The molecule has 1 aliphatic rings. The van der Waals surface area contributed by atoms with Gasteiger partial charge in [-0.05, 0) is 88.8 Å². The summed E-state index contributed by atoms with van der Waals surface area (Å²) in [6.07, 6.45) is 0.837. The van der Waals surface area contributed by atoms with E-state index in [1.165, 1.54) is 43.0 Å². The van der Waals surface area contributed by atoms with Gasteiger partial charge in [-0.15, -0.1) is 0 Å². The monoisotopic (exact) mass is 744 g/mol. The number of methoxy groups -OCH3 is 2. The molecule has 9 nitrogen and oxygen atoms in total. The summed E-state index contributed by atoms with van der Waals surface area (Å²) in [5.74, 6) is -0.511. The summed E-state index contributed by atoms with van der Waals surface area (Å²) < 4.78 is 54.0. The zero-order valence-corrected chi connectivity index (χ0v) is 30.7. The number of rotatable bonds is 16. The summed E-state index contributed by atoms with van der Waals surface area (Å²) in [5, 5.41) is 2.88. The summed E-state index contributed by atoms with van der Waals surface area (Å²) in [5.41, 5.74) is 14.5. The molecule has 0 spiro atoms. The van der Waals surface area contributed by atoms with Crippen molar-refractivity contribution in [2.75, 3.05) is 53.7 Å². The van der Waals surface area contributed by atoms with Gasteiger partial charge in [0, 0.05) is 41.9 Å². The quantitative estimate of drug-likeness (QED) is 0.0986. The lowest BCUT2D eigenvalue weighted by Gasteiger charge is -2.15. The number of benzene rings is 5. The van der Waals surface area contributed by atoms with Crippen LogP contribution >= 0.6 is 0 Å². The van der Waals surface area contributed by atoms with Crippen molar-refractivity contribution in [3.63, 3.8) is 0 Å². The minimum absolute atomic E-state index is 0.0984. The summed E-state index contributed by atoms with van der Waals surface area (Å²) >= 11 is 0. The normalized spacial score (nSPS) is 11.7. The number of nitrogens with two attached hydrogens (primary N) is 1. The predicted molar refractivity (Wildman–Crippen MR) is 208 cm³/mol. The average molecular weight is 745 g/mol. The molecule has 1 heterocycles. The Kier molecular flexibility index (Phi) is 11.6. The first-order chi connectivity index (χ1) is 26.9. The third-order valence-corrected chi connectivity index (χ3v) is 9.60. The topological polar surface area (TPSA) is 110 Å². The lowest BCUT2D eigenvalue weighted by atomic mass is 10.0. The first-order valence-corrected chi connectivity index (χ1v) is 18.1. The number of nitrogens with zero attached hydrogens (tertiary/aromatic N) is 2. The smallest absolute Gasteiger partial charge is 0.251 e. The molecule has 0 fully saturated rings. The zero-order valence-electron chi connectivity index (χ0n) is 30.7. The molecule has 282 valence electrons. The molecule has 0 saturated carbocycles. The van der Waals surface area contributed by atoms with Crippen molar-refractivity contribution in [3.8, 4) is 56.5 Å². The van der Waals surface area contributed by atoms with Crippen molar-refractivity contribution < 1.29 is 32.5 Å². The van der Waals surface area contributed by atoms with E-state index in [4.69, 9.17) is 29.7 Å². The Morgan fingerprint density at radius 2 is 1.40 bits per heavy atom. The lowest BCUT2D eigenvalue weighted by Crippen LogP contribution is -2.27. The van der Waals surface area contributed by atoms with Gasteiger partial charge < -0.3 is 34.6 Å². The van der Waals surface area contributed by atoms with Crippen molar-refractivity contribution >= 4 is 5.91 Å². The molecule has 7 rings (SSSR count). The third kappa shape index (κ3) is 8.14. The van der Waals surface area contributed by atoms with Crippen LogP contribution in [0.3, 0.4) is 0 Å². The average Bonchev–Trinajstić information content (AvgIpc) is 3.77. The van der Waals surface area contributed by atoms with E-state index < -0.39 is 11.6 Å². The van der Waals surface area contributed by atoms with Crippen molar-refractivity contribution in [2.45, 2.75) is 13.0 Å². The highest BCUT2D eigenvalue weighted by molar-refractivity contribution is 5.94. The first kappa shape index (κ1) is 37.4. The van der Waals surface area contributed by atoms with E-state index >= 15 is 8.78 Å². The first-order valence-electron chi connectivity index (χ1n) is 18.1. The molecule has 6 aromatic rings. The standard InChI is InChI=1S/C44H42F2N4O5/c1-52-39-15-13-32(25-37(39)45)41-42(33-14-16-40(53-2)38(46)26-33)50(43(49-41)34-12-11-31-23-30-5-3-4-6-35(30)36(31)24-34)27-28-7-9-29(10-8-28)44(51)48-18-20-55-22-21-54-19-17-47/h3-16,24-26H,17-23,27,47H2,1-2H3,(H,48,51). The molecule has 0 aliphatic heterocycles. The fourth-order valence-corrected chi connectivity index (χ4v) is 6.90. The Morgan fingerprint density at radius 3 is 2.11 bits per heavy atom. The number of carbonyl (C=O) groups is 1. The second-order valence-electron chi connectivity index (χ2n) is 13.1. The zero-order chi connectivity index (χ0) is 38.3. The summed E-state index contributed by atoms with van der Waals surface area (Å²) in [7, 11) is 2.83. The van der Waals surface area contributed by atoms with Gasteiger partial charge in [0.25, 0.3) is 5.91 Å². The van der Waals surface area contributed by atoms with Crippen LogP contribution in [0.5, 0.6) is 11.5 Å². The summed E-state index contributed by atoms with van der Waals surface area (Å²) in [6, 6.07) is 31.4. The molecule has 0 bridgehead atoms. The minimum atomic E-state index is -0.547. The van der Waals surface area contributed by atoms with Crippen LogP contribution < -0.4 is 20.5 Å². The van der Waals surface area contributed by atoms with Crippen LogP contribution in [0.15, 0.2) is 103 Å². The van der Waals surface area contributed by atoms with E-state index in [2.05, 4.69) is 29.6 Å². The molecular weight excluding hydrogens is 703 g/mol. The van der Waals surface area contributed by atoms with Crippen molar-refractivity contribution in [2.24, 2.45) is 5.73 Å². The molecule has 0 atom stereocenters. The van der Waals surface area contributed by atoms with Crippen molar-refractivity contribution in [1.82, 2.24) is 14.9 Å². The number of carbonyl (C=O) groups excluding carboxylic acids is 1. The molecular formula is C44H42F2N4O5. The van der Waals surface area contributed by atoms with Crippen LogP contribution in [0.2, 0.25) is 0 Å². The highest BCUT2D eigenvalue weighted by Crippen LogP contribution is 2.42. The SMILES string of the molecule is COc1ccc(-c2nc(-c3ccc4c(c3)-c3ccccc3C4)n(Cc3ccc(C(=O)NCCOCCOCCN)cc3)c2-c2ccc(OC)c(F)c2)cc1F. The molecule has 0 unspecified atom stereocenters. The Balaban J connectivity index is 1.27. The van der Waals surface area contributed by atoms with Crippen LogP contribution in [0.4, 0.5) is 8.78 Å². The maximum Gasteiger partial charge on any atom is 0.251 e. The maximum atomic E-state index is 15.4. The van der Waals surface area contributed by atoms with E-state index in [0.29, 0.717) is 80.0 Å². The van der Waals surface area contributed by atoms with Gasteiger partial charge in [-0.3, -0.25) is 4.79 Å². The van der Waals surface area contributed by atoms with E-state index in [9.17, 15) is 4.79 Å². The highest BCUT2D eigenvalue weighted by atomic mass is 19.1.